The molecule has 0 spiro atoms. The molecule has 3 heterocycles. The van der Waals surface area contributed by atoms with Crippen molar-refractivity contribution >= 4 is 11.3 Å². The van der Waals surface area contributed by atoms with Crippen molar-refractivity contribution in [2.45, 2.75) is 32.4 Å². The lowest BCUT2D eigenvalue weighted by atomic mass is 9.80. The van der Waals surface area contributed by atoms with E-state index in [1.807, 2.05) is 30.5 Å². The zero-order valence-electron chi connectivity index (χ0n) is 17.1. The van der Waals surface area contributed by atoms with E-state index in [0.717, 1.165) is 39.4 Å². The van der Waals surface area contributed by atoms with Gasteiger partial charge in [0.1, 0.15) is 11.5 Å². The SMILES string of the molecule is COc1cccc2c1-c1ccc3c(c1C(c1cccnc1)O2)C(C)=CC(C)(C)N3. The fraction of sp³-hybridized carbons (Fsp3) is 0.240. The number of hydrogen-bond donors (Lipinski definition) is 1. The van der Waals surface area contributed by atoms with Gasteiger partial charge in [-0.2, -0.15) is 0 Å². The van der Waals surface area contributed by atoms with Crippen molar-refractivity contribution < 1.29 is 9.47 Å². The van der Waals surface area contributed by atoms with Crippen LogP contribution in [0.15, 0.2) is 60.9 Å². The molecule has 4 nitrogen and oxygen atoms in total. The minimum absolute atomic E-state index is 0.0970. The highest BCUT2D eigenvalue weighted by Gasteiger charge is 2.35. The van der Waals surface area contributed by atoms with Crippen LogP contribution in [-0.2, 0) is 0 Å². The summed E-state index contributed by atoms with van der Waals surface area (Å²) < 4.78 is 12.3. The van der Waals surface area contributed by atoms with Gasteiger partial charge in [-0.25, -0.2) is 0 Å². The zero-order chi connectivity index (χ0) is 20.2. The van der Waals surface area contributed by atoms with Gasteiger partial charge in [0.25, 0.3) is 0 Å². The van der Waals surface area contributed by atoms with Crippen molar-refractivity contribution in [2.24, 2.45) is 0 Å². The van der Waals surface area contributed by atoms with Gasteiger partial charge in [0.05, 0.1) is 18.2 Å². The predicted molar refractivity (Wildman–Crippen MR) is 116 cm³/mol. The number of pyridine rings is 1. The largest absolute Gasteiger partial charge is 0.496 e. The Kier molecular flexibility index (Phi) is 3.91. The van der Waals surface area contributed by atoms with Crippen molar-refractivity contribution in [3.8, 4) is 22.6 Å². The molecule has 2 aliphatic rings. The van der Waals surface area contributed by atoms with Gasteiger partial charge in [-0.1, -0.05) is 24.3 Å². The molecule has 1 atom stereocenters. The first-order valence-electron chi connectivity index (χ1n) is 9.87. The number of aromatic nitrogens is 1. The molecule has 5 rings (SSSR count). The average molecular weight is 384 g/mol. The number of nitrogens with zero attached hydrogens (tertiary/aromatic N) is 1. The number of allylic oxidation sites excluding steroid dienone is 1. The minimum Gasteiger partial charge on any atom is -0.496 e. The highest BCUT2D eigenvalue weighted by molar-refractivity contribution is 5.91. The number of ether oxygens (including phenoxy) is 2. The first kappa shape index (κ1) is 17.8. The van der Waals surface area contributed by atoms with Crippen LogP contribution in [-0.4, -0.2) is 17.6 Å². The van der Waals surface area contributed by atoms with Crippen LogP contribution in [0.2, 0.25) is 0 Å². The summed E-state index contributed by atoms with van der Waals surface area (Å²) in [4.78, 5) is 4.34. The van der Waals surface area contributed by atoms with Gasteiger partial charge < -0.3 is 14.8 Å². The maximum absolute atomic E-state index is 6.58. The number of fused-ring (bicyclic) bond motifs is 5. The van der Waals surface area contributed by atoms with Crippen LogP contribution in [0.3, 0.4) is 0 Å². The van der Waals surface area contributed by atoms with Gasteiger partial charge >= 0.3 is 0 Å². The smallest absolute Gasteiger partial charge is 0.152 e. The molecule has 1 N–H and O–H groups in total. The highest BCUT2D eigenvalue weighted by Crippen LogP contribution is 2.53. The molecule has 0 saturated heterocycles. The Morgan fingerprint density at radius 1 is 1.07 bits per heavy atom. The van der Waals surface area contributed by atoms with E-state index in [-0.39, 0.29) is 11.6 Å². The van der Waals surface area contributed by atoms with Crippen LogP contribution in [0.25, 0.3) is 16.7 Å². The van der Waals surface area contributed by atoms with E-state index in [1.54, 1.807) is 13.3 Å². The van der Waals surface area contributed by atoms with E-state index in [9.17, 15) is 0 Å². The molecule has 0 saturated carbocycles. The molecule has 29 heavy (non-hydrogen) atoms. The third kappa shape index (κ3) is 2.79. The van der Waals surface area contributed by atoms with Gasteiger partial charge in [0, 0.05) is 34.8 Å². The van der Waals surface area contributed by atoms with Gasteiger partial charge in [0.15, 0.2) is 6.10 Å². The summed E-state index contributed by atoms with van der Waals surface area (Å²) >= 11 is 0. The van der Waals surface area contributed by atoms with Gasteiger partial charge in [-0.05, 0) is 56.2 Å². The Labute approximate surface area is 171 Å². The first-order chi connectivity index (χ1) is 14.0. The minimum atomic E-state index is -0.236. The molecule has 3 aromatic rings. The quantitative estimate of drug-likeness (QED) is 0.602. The van der Waals surface area contributed by atoms with Gasteiger partial charge in [0.2, 0.25) is 0 Å². The molecule has 0 amide bonds. The van der Waals surface area contributed by atoms with Crippen LogP contribution in [0.5, 0.6) is 11.5 Å². The molecular formula is C25H24N2O2. The maximum atomic E-state index is 6.58. The lowest BCUT2D eigenvalue weighted by molar-refractivity contribution is 0.241. The normalized spacial score (nSPS) is 18.3. The molecule has 146 valence electrons. The Morgan fingerprint density at radius 2 is 1.93 bits per heavy atom. The first-order valence-corrected chi connectivity index (χ1v) is 9.87. The third-order valence-corrected chi connectivity index (χ3v) is 5.65. The van der Waals surface area contributed by atoms with E-state index in [1.165, 1.54) is 11.1 Å². The Morgan fingerprint density at radius 3 is 2.69 bits per heavy atom. The number of nitrogens with one attached hydrogen (secondary N) is 1. The summed E-state index contributed by atoms with van der Waals surface area (Å²) in [6.07, 6.45) is 5.73. The molecule has 0 aliphatic carbocycles. The standard InChI is InChI=1S/C25H24N2O2/c1-15-13-25(2,3)27-18-11-10-17-22-19(28-4)8-5-9-20(22)29-24(23(17)21(15)18)16-7-6-12-26-14-16/h5-14,24,27H,1-4H3. The summed E-state index contributed by atoms with van der Waals surface area (Å²) in [6, 6.07) is 14.4. The Bertz CT molecular complexity index is 1130. The lowest BCUT2D eigenvalue weighted by Gasteiger charge is -2.37. The van der Waals surface area contributed by atoms with Crippen LogP contribution in [0, 0.1) is 0 Å². The van der Waals surface area contributed by atoms with Gasteiger partial charge in [-0.3, -0.25) is 4.98 Å². The van der Waals surface area contributed by atoms with Gasteiger partial charge in [-0.15, -0.1) is 0 Å². The van der Waals surface area contributed by atoms with Crippen molar-refractivity contribution in [1.82, 2.24) is 4.98 Å². The average Bonchev–Trinajstić information content (AvgIpc) is 2.71. The molecule has 4 heteroatoms. The second kappa shape index (κ2) is 6.38. The Hall–Kier alpha value is -3.27. The second-order valence-corrected chi connectivity index (χ2v) is 8.24. The number of benzene rings is 2. The summed E-state index contributed by atoms with van der Waals surface area (Å²) in [7, 11) is 1.70. The van der Waals surface area contributed by atoms with Crippen molar-refractivity contribution in [3.63, 3.8) is 0 Å². The summed E-state index contributed by atoms with van der Waals surface area (Å²) in [5.41, 5.74) is 7.82. The maximum Gasteiger partial charge on any atom is 0.152 e. The predicted octanol–water partition coefficient (Wildman–Crippen LogP) is 5.85. The number of hydrogen-bond acceptors (Lipinski definition) is 4. The van der Waals surface area contributed by atoms with Crippen molar-refractivity contribution in [2.75, 3.05) is 12.4 Å². The van der Waals surface area contributed by atoms with E-state index in [0.29, 0.717) is 0 Å². The molecular weight excluding hydrogens is 360 g/mol. The number of methoxy groups -OCH3 is 1. The Balaban J connectivity index is 1.84. The van der Waals surface area contributed by atoms with Crippen molar-refractivity contribution in [1.29, 1.82) is 0 Å². The van der Waals surface area contributed by atoms with Crippen molar-refractivity contribution in [3.05, 3.63) is 77.6 Å². The summed E-state index contributed by atoms with van der Waals surface area (Å²) in [6.45, 7) is 6.55. The highest BCUT2D eigenvalue weighted by atomic mass is 16.5. The fourth-order valence-corrected chi connectivity index (χ4v) is 4.63. The van der Waals surface area contributed by atoms with Crippen LogP contribution >= 0.6 is 0 Å². The van der Waals surface area contributed by atoms with E-state index >= 15 is 0 Å². The van der Waals surface area contributed by atoms with E-state index in [4.69, 9.17) is 9.47 Å². The van der Waals surface area contributed by atoms with E-state index in [2.05, 4.69) is 55.3 Å². The number of anilines is 1. The molecule has 0 bridgehead atoms. The third-order valence-electron chi connectivity index (χ3n) is 5.65. The number of rotatable bonds is 2. The fourth-order valence-electron chi connectivity index (χ4n) is 4.63. The molecule has 2 aliphatic heterocycles. The molecule has 1 unspecified atom stereocenters. The summed E-state index contributed by atoms with van der Waals surface area (Å²) in [5, 5.41) is 3.66. The zero-order valence-corrected chi connectivity index (χ0v) is 17.1. The van der Waals surface area contributed by atoms with E-state index < -0.39 is 0 Å². The van der Waals surface area contributed by atoms with Crippen LogP contribution < -0.4 is 14.8 Å². The topological polar surface area (TPSA) is 43.4 Å². The second-order valence-electron chi connectivity index (χ2n) is 8.24. The van der Waals surface area contributed by atoms with Crippen LogP contribution in [0.1, 0.15) is 43.6 Å². The lowest BCUT2D eigenvalue weighted by Crippen LogP contribution is -2.32. The summed E-state index contributed by atoms with van der Waals surface area (Å²) in [5.74, 6) is 1.65. The molecule has 1 aromatic heterocycles. The molecule has 2 aromatic carbocycles. The van der Waals surface area contributed by atoms with Crippen LogP contribution in [0.4, 0.5) is 5.69 Å². The molecule has 0 radical (unpaired) electrons. The molecule has 0 fully saturated rings. The monoisotopic (exact) mass is 384 g/mol.